The molecular formula is C15H23N5O2. The van der Waals surface area contributed by atoms with Gasteiger partial charge in [0, 0.05) is 39.8 Å². The fourth-order valence-electron chi connectivity index (χ4n) is 2.36. The monoisotopic (exact) mass is 305 g/mol. The van der Waals surface area contributed by atoms with E-state index in [9.17, 15) is 9.59 Å². The number of rotatable bonds is 6. The Morgan fingerprint density at radius 1 is 1.27 bits per heavy atom. The second kappa shape index (κ2) is 7.72. The third kappa shape index (κ3) is 3.93. The van der Waals surface area contributed by atoms with Gasteiger partial charge >= 0.3 is 0 Å². The Hall–Kier alpha value is -2.18. The summed E-state index contributed by atoms with van der Waals surface area (Å²) < 4.78 is 0. The molecule has 0 spiro atoms. The molecule has 0 saturated carbocycles. The quantitative estimate of drug-likeness (QED) is 0.721. The molecular weight excluding hydrogens is 282 g/mol. The van der Waals surface area contributed by atoms with E-state index in [0.717, 1.165) is 44.7 Å². The predicted molar refractivity (Wildman–Crippen MR) is 83.8 cm³/mol. The maximum atomic E-state index is 12.2. The number of anilines is 1. The van der Waals surface area contributed by atoms with Gasteiger partial charge in [-0.2, -0.15) is 0 Å². The highest BCUT2D eigenvalue weighted by Gasteiger charge is 2.18. The number of nitrogens with zero attached hydrogens (tertiary/aromatic N) is 5. The molecule has 1 saturated heterocycles. The highest BCUT2D eigenvalue weighted by molar-refractivity contribution is 5.92. The van der Waals surface area contributed by atoms with Gasteiger partial charge in [-0.1, -0.05) is 13.3 Å². The van der Waals surface area contributed by atoms with E-state index < -0.39 is 0 Å². The van der Waals surface area contributed by atoms with Crippen LogP contribution in [-0.2, 0) is 4.79 Å². The van der Waals surface area contributed by atoms with Crippen LogP contribution in [0.5, 0.6) is 0 Å². The van der Waals surface area contributed by atoms with E-state index in [1.54, 1.807) is 22.9 Å². The van der Waals surface area contributed by atoms with Gasteiger partial charge in [-0.05, 0) is 18.6 Å². The Morgan fingerprint density at radius 3 is 2.55 bits per heavy atom. The fraction of sp³-hybridized carbons (Fsp3) is 0.600. The number of carbonyl (C=O) groups excluding carboxylic acids is 2. The van der Waals surface area contributed by atoms with E-state index >= 15 is 0 Å². The van der Waals surface area contributed by atoms with Gasteiger partial charge in [0.05, 0.1) is 0 Å². The number of hydrogen-bond donors (Lipinski definition) is 0. The van der Waals surface area contributed by atoms with Gasteiger partial charge < -0.3 is 14.7 Å². The molecule has 1 aromatic rings. The summed E-state index contributed by atoms with van der Waals surface area (Å²) in [5.41, 5.74) is 0.369. The van der Waals surface area contributed by atoms with Crippen molar-refractivity contribution < 1.29 is 9.59 Å². The lowest BCUT2D eigenvalue weighted by atomic mass is 10.3. The van der Waals surface area contributed by atoms with Crippen LogP contribution in [0.1, 0.15) is 30.3 Å². The second-order valence-corrected chi connectivity index (χ2v) is 5.49. The molecule has 0 aliphatic carbocycles. The van der Waals surface area contributed by atoms with E-state index in [1.807, 2.05) is 6.07 Å². The molecule has 2 heterocycles. The number of amides is 2. The largest absolute Gasteiger partial charge is 0.352 e. The lowest BCUT2D eigenvalue weighted by Crippen LogP contribution is -2.46. The Morgan fingerprint density at radius 2 is 2.00 bits per heavy atom. The normalized spacial score (nSPS) is 14.8. The van der Waals surface area contributed by atoms with Crippen LogP contribution in [0.4, 0.5) is 5.82 Å². The summed E-state index contributed by atoms with van der Waals surface area (Å²) in [5.74, 6) is 0.650. The van der Waals surface area contributed by atoms with E-state index in [4.69, 9.17) is 0 Å². The van der Waals surface area contributed by atoms with Crippen molar-refractivity contribution in [3.8, 4) is 0 Å². The predicted octanol–water partition coefficient (Wildman–Crippen LogP) is 0.627. The van der Waals surface area contributed by atoms with Gasteiger partial charge in [-0.25, -0.2) is 0 Å². The van der Waals surface area contributed by atoms with Crippen LogP contribution >= 0.6 is 0 Å². The smallest absolute Gasteiger partial charge is 0.274 e. The first-order valence-electron chi connectivity index (χ1n) is 7.69. The Kier molecular flexibility index (Phi) is 5.68. The van der Waals surface area contributed by atoms with Gasteiger partial charge in [0.2, 0.25) is 6.41 Å². The fourth-order valence-corrected chi connectivity index (χ4v) is 2.36. The van der Waals surface area contributed by atoms with E-state index in [1.165, 1.54) is 0 Å². The zero-order valence-corrected chi connectivity index (χ0v) is 13.2. The minimum Gasteiger partial charge on any atom is -0.352 e. The van der Waals surface area contributed by atoms with Crippen LogP contribution in [0.3, 0.4) is 0 Å². The van der Waals surface area contributed by atoms with Crippen molar-refractivity contribution in [1.82, 2.24) is 20.0 Å². The van der Waals surface area contributed by atoms with Gasteiger partial charge in [0.1, 0.15) is 0 Å². The molecule has 2 amide bonds. The molecule has 7 heteroatoms. The summed E-state index contributed by atoms with van der Waals surface area (Å²) in [4.78, 5) is 28.4. The van der Waals surface area contributed by atoms with Gasteiger partial charge in [-0.3, -0.25) is 9.59 Å². The molecule has 0 aromatic carbocycles. The van der Waals surface area contributed by atoms with Crippen LogP contribution in [-0.4, -0.2) is 72.1 Å². The molecule has 7 nitrogen and oxygen atoms in total. The van der Waals surface area contributed by atoms with Crippen molar-refractivity contribution in [3.63, 3.8) is 0 Å². The lowest BCUT2D eigenvalue weighted by molar-refractivity contribution is -0.118. The summed E-state index contributed by atoms with van der Waals surface area (Å²) in [6.07, 6.45) is 2.90. The molecule has 120 valence electrons. The molecule has 1 aliphatic rings. The van der Waals surface area contributed by atoms with Crippen LogP contribution in [0, 0.1) is 0 Å². The molecule has 0 unspecified atom stereocenters. The first-order valence-corrected chi connectivity index (χ1v) is 7.69. The van der Waals surface area contributed by atoms with Crippen molar-refractivity contribution in [3.05, 3.63) is 17.8 Å². The molecule has 0 radical (unpaired) electrons. The van der Waals surface area contributed by atoms with Crippen molar-refractivity contribution in [2.24, 2.45) is 0 Å². The van der Waals surface area contributed by atoms with Gasteiger partial charge in [0.15, 0.2) is 11.5 Å². The van der Waals surface area contributed by atoms with Gasteiger partial charge in [0.25, 0.3) is 5.91 Å². The summed E-state index contributed by atoms with van der Waals surface area (Å²) in [6.45, 7) is 5.66. The maximum absolute atomic E-state index is 12.2. The molecule has 2 rings (SSSR count). The Balaban J connectivity index is 1.95. The van der Waals surface area contributed by atoms with Crippen LogP contribution in [0.25, 0.3) is 0 Å². The molecule has 1 aliphatic heterocycles. The summed E-state index contributed by atoms with van der Waals surface area (Å²) in [7, 11) is 1.78. The van der Waals surface area contributed by atoms with Crippen LogP contribution < -0.4 is 4.90 Å². The maximum Gasteiger partial charge on any atom is 0.274 e. The van der Waals surface area contributed by atoms with E-state index in [0.29, 0.717) is 18.8 Å². The summed E-state index contributed by atoms with van der Waals surface area (Å²) >= 11 is 0. The average molecular weight is 305 g/mol. The van der Waals surface area contributed by atoms with E-state index in [-0.39, 0.29) is 5.91 Å². The summed E-state index contributed by atoms with van der Waals surface area (Å²) in [5, 5.41) is 8.21. The number of carbonyl (C=O) groups is 2. The third-order valence-corrected chi connectivity index (χ3v) is 3.85. The number of unbranched alkanes of at least 4 members (excludes halogenated alkanes) is 1. The number of hydrogen-bond acceptors (Lipinski definition) is 5. The minimum atomic E-state index is -0.0988. The van der Waals surface area contributed by atoms with Crippen molar-refractivity contribution in [2.45, 2.75) is 19.8 Å². The molecule has 1 fully saturated rings. The summed E-state index contributed by atoms with van der Waals surface area (Å²) in [6, 6.07) is 3.55. The van der Waals surface area contributed by atoms with E-state index in [2.05, 4.69) is 22.0 Å². The zero-order chi connectivity index (χ0) is 15.9. The average Bonchev–Trinajstić information content (AvgIpc) is 2.59. The first kappa shape index (κ1) is 16.2. The van der Waals surface area contributed by atoms with Crippen molar-refractivity contribution in [2.75, 3.05) is 44.7 Å². The van der Waals surface area contributed by atoms with Crippen molar-refractivity contribution in [1.29, 1.82) is 0 Å². The molecule has 0 N–H and O–H groups in total. The SMILES string of the molecule is CCCCN(C)C(=O)c1ccc(N2CCN(C=O)CC2)nn1. The number of piperazine rings is 1. The highest BCUT2D eigenvalue weighted by Crippen LogP contribution is 2.13. The molecule has 0 bridgehead atoms. The lowest BCUT2D eigenvalue weighted by Gasteiger charge is -2.32. The molecule has 22 heavy (non-hydrogen) atoms. The zero-order valence-electron chi connectivity index (χ0n) is 13.2. The molecule has 0 atom stereocenters. The topological polar surface area (TPSA) is 69.6 Å². The molecule has 1 aromatic heterocycles. The Labute approximate surface area is 130 Å². The second-order valence-electron chi connectivity index (χ2n) is 5.49. The van der Waals surface area contributed by atoms with Crippen LogP contribution in [0.2, 0.25) is 0 Å². The van der Waals surface area contributed by atoms with Crippen molar-refractivity contribution >= 4 is 18.1 Å². The highest BCUT2D eigenvalue weighted by atomic mass is 16.2. The standard InChI is InChI=1S/C15H23N5O2/c1-3-4-7-18(2)15(22)13-5-6-14(17-16-13)20-10-8-19(12-21)9-11-20/h5-6,12H,3-4,7-11H2,1-2H3. The number of aromatic nitrogens is 2. The minimum absolute atomic E-state index is 0.0988. The van der Waals surface area contributed by atoms with Gasteiger partial charge in [-0.15, -0.1) is 10.2 Å². The Bertz CT molecular complexity index is 497. The first-order chi connectivity index (χ1) is 10.7. The van der Waals surface area contributed by atoms with Crippen LogP contribution in [0.15, 0.2) is 12.1 Å². The third-order valence-electron chi connectivity index (χ3n) is 3.85.